The van der Waals surface area contributed by atoms with Gasteiger partial charge in [-0.15, -0.1) is 0 Å². The van der Waals surface area contributed by atoms with Crippen molar-refractivity contribution in [2.24, 2.45) is 0 Å². The highest BCUT2D eigenvalue weighted by atomic mass is 16.5. The maximum atomic E-state index is 12.0. The molecule has 1 amide bonds. The van der Waals surface area contributed by atoms with Gasteiger partial charge in [0.2, 0.25) is 0 Å². The number of ether oxygens (including phenoxy) is 2. The summed E-state index contributed by atoms with van der Waals surface area (Å²) in [5, 5.41) is 11.2. The van der Waals surface area contributed by atoms with E-state index in [2.05, 4.69) is 5.32 Å². The predicted octanol–water partition coefficient (Wildman–Crippen LogP) is 3.06. The first-order valence-corrected chi connectivity index (χ1v) is 8.61. The standard InChI is InChI=1S/C21H21NO6/c23-19(24)12-11-18(13-20(25)27-14-16-7-3-1-4-8-16)22-21(26)28-15-17-9-5-2-6-10-17/h1-12,18H,13-15H2,(H,22,26)(H,23,24)/b12-11-/t18-/m1/s1. The van der Waals surface area contributed by atoms with Crippen molar-refractivity contribution >= 4 is 18.0 Å². The van der Waals surface area contributed by atoms with Gasteiger partial charge >= 0.3 is 18.0 Å². The van der Waals surface area contributed by atoms with Gasteiger partial charge in [-0.2, -0.15) is 0 Å². The van der Waals surface area contributed by atoms with Crippen LogP contribution in [0.15, 0.2) is 72.8 Å². The Bertz CT molecular complexity index is 747. The number of aliphatic carboxylic acids is 1. The summed E-state index contributed by atoms with van der Waals surface area (Å²) in [6.45, 7) is 0.147. The molecule has 0 aliphatic rings. The van der Waals surface area contributed by atoms with Crippen LogP contribution in [0, 0.1) is 0 Å². The summed E-state index contributed by atoms with van der Waals surface area (Å²) in [6.07, 6.45) is 1.07. The van der Waals surface area contributed by atoms with E-state index in [0.29, 0.717) is 0 Å². The van der Waals surface area contributed by atoms with E-state index >= 15 is 0 Å². The normalized spacial score (nSPS) is 11.6. The van der Waals surface area contributed by atoms with E-state index < -0.39 is 24.1 Å². The number of rotatable bonds is 9. The van der Waals surface area contributed by atoms with Gasteiger partial charge in [-0.1, -0.05) is 66.7 Å². The van der Waals surface area contributed by atoms with Gasteiger partial charge in [0.05, 0.1) is 12.5 Å². The lowest BCUT2D eigenvalue weighted by atomic mass is 10.2. The van der Waals surface area contributed by atoms with Crippen LogP contribution in [-0.2, 0) is 32.3 Å². The summed E-state index contributed by atoms with van der Waals surface area (Å²) in [7, 11) is 0. The average molecular weight is 383 g/mol. The smallest absolute Gasteiger partial charge is 0.407 e. The Labute approximate surface area is 162 Å². The van der Waals surface area contributed by atoms with Crippen LogP contribution < -0.4 is 5.32 Å². The molecule has 146 valence electrons. The Morgan fingerprint density at radius 1 is 0.893 bits per heavy atom. The number of carboxylic acids is 1. The van der Waals surface area contributed by atoms with Crippen LogP contribution >= 0.6 is 0 Å². The first-order valence-electron chi connectivity index (χ1n) is 8.61. The molecule has 0 fully saturated rings. The molecule has 7 nitrogen and oxygen atoms in total. The number of carbonyl (C=O) groups is 3. The largest absolute Gasteiger partial charge is 0.478 e. The lowest BCUT2D eigenvalue weighted by molar-refractivity contribution is -0.145. The zero-order valence-corrected chi connectivity index (χ0v) is 15.1. The third-order valence-electron chi connectivity index (χ3n) is 3.62. The van der Waals surface area contributed by atoms with E-state index in [9.17, 15) is 14.4 Å². The van der Waals surface area contributed by atoms with E-state index in [1.807, 2.05) is 48.5 Å². The third-order valence-corrected chi connectivity index (χ3v) is 3.62. The number of hydrogen-bond acceptors (Lipinski definition) is 5. The third kappa shape index (κ3) is 8.18. The predicted molar refractivity (Wildman–Crippen MR) is 101 cm³/mol. The van der Waals surface area contributed by atoms with Crippen molar-refractivity contribution in [2.75, 3.05) is 0 Å². The highest BCUT2D eigenvalue weighted by molar-refractivity contribution is 5.80. The van der Waals surface area contributed by atoms with Crippen molar-refractivity contribution in [3.63, 3.8) is 0 Å². The van der Waals surface area contributed by atoms with Crippen LogP contribution in [0.5, 0.6) is 0 Å². The summed E-state index contributed by atoms with van der Waals surface area (Å²) >= 11 is 0. The van der Waals surface area contributed by atoms with Gasteiger partial charge in [0.25, 0.3) is 0 Å². The minimum atomic E-state index is -1.19. The first kappa shape index (κ1) is 20.7. The molecular weight excluding hydrogens is 362 g/mol. The molecule has 0 heterocycles. The average Bonchev–Trinajstić information content (AvgIpc) is 2.70. The Kier molecular flexibility index (Phi) is 8.26. The monoisotopic (exact) mass is 383 g/mol. The topological polar surface area (TPSA) is 102 Å². The molecule has 0 spiro atoms. The number of carbonyl (C=O) groups excluding carboxylic acids is 2. The molecular formula is C21H21NO6. The molecule has 28 heavy (non-hydrogen) atoms. The van der Waals surface area contributed by atoms with Gasteiger partial charge in [0.15, 0.2) is 0 Å². The van der Waals surface area contributed by atoms with E-state index in [0.717, 1.165) is 17.2 Å². The number of carboxylic acid groups (broad SMARTS) is 1. The fourth-order valence-electron chi connectivity index (χ4n) is 2.26. The number of hydrogen-bond donors (Lipinski definition) is 2. The Morgan fingerprint density at radius 2 is 1.43 bits per heavy atom. The van der Waals surface area contributed by atoms with Gasteiger partial charge in [0.1, 0.15) is 13.2 Å². The number of benzene rings is 2. The highest BCUT2D eigenvalue weighted by Gasteiger charge is 2.16. The van der Waals surface area contributed by atoms with Gasteiger partial charge in [-0.05, 0) is 11.1 Å². The van der Waals surface area contributed by atoms with E-state index in [4.69, 9.17) is 14.6 Å². The molecule has 0 aromatic heterocycles. The second kappa shape index (κ2) is 11.2. The summed E-state index contributed by atoms with van der Waals surface area (Å²) in [4.78, 5) is 34.8. The van der Waals surface area contributed by atoms with Crippen LogP contribution in [0.1, 0.15) is 17.5 Å². The molecule has 0 unspecified atom stereocenters. The molecule has 1 atom stereocenters. The maximum Gasteiger partial charge on any atom is 0.407 e. The molecule has 0 aliphatic heterocycles. The van der Waals surface area contributed by atoms with E-state index in [1.165, 1.54) is 6.08 Å². The Balaban J connectivity index is 1.86. The fourth-order valence-corrected chi connectivity index (χ4v) is 2.26. The van der Waals surface area contributed by atoms with Crippen molar-refractivity contribution in [3.05, 3.63) is 83.9 Å². The molecule has 0 saturated heterocycles. The maximum absolute atomic E-state index is 12.0. The summed E-state index contributed by atoms with van der Waals surface area (Å²) in [5.41, 5.74) is 1.63. The SMILES string of the molecule is O=C(O)/C=C\[C@H](CC(=O)OCc1ccccc1)NC(=O)OCc1ccccc1. The van der Waals surface area contributed by atoms with Crippen LogP contribution in [-0.4, -0.2) is 29.2 Å². The second-order valence-corrected chi connectivity index (χ2v) is 5.86. The van der Waals surface area contributed by atoms with E-state index in [1.54, 1.807) is 12.1 Å². The van der Waals surface area contributed by atoms with Crippen molar-refractivity contribution in [1.29, 1.82) is 0 Å². The van der Waals surface area contributed by atoms with Gasteiger partial charge < -0.3 is 19.9 Å². The quantitative estimate of drug-likeness (QED) is 0.510. The minimum Gasteiger partial charge on any atom is -0.478 e. The molecule has 0 radical (unpaired) electrons. The van der Waals surface area contributed by atoms with Crippen molar-refractivity contribution < 1.29 is 29.0 Å². The van der Waals surface area contributed by atoms with E-state index in [-0.39, 0.29) is 19.6 Å². The molecule has 2 rings (SSSR count). The van der Waals surface area contributed by atoms with Gasteiger partial charge in [-0.25, -0.2) is 9.59 Å². The Morgan fingerprint density at radius 3 is 1.96 bits per heavy atom. The summed E-state index contributed by atoms with van der Waals surface area (Å²) < 4.78 is 10.3. The van der Waals surface area contributed by atoms with Crippen molar-refractivity contribution in [1.82, 2.24) is 5.32 Å². The van der Waals surface area contributed by atoms with Crippen LogP contribution in [0.25, 0.3) is 0 Å². The lowest BCUT2D eigenvalue weighted by Gasteiger charge is -2.15. The second-order valence-electron chi connectivity index (χ2n) is 5.86. The Hall–Kier alpha value is -3.61. The lowest BCUT2D eigenvalue weighted by Crippen LogP contribution is -2.36. The highest BCUT2D eigenvalue weighted by Crippen LogP contribution is 2.05. The molecule has 2 N–H and O–H groups in total. The zero-order chi connectivity index (χ0) is 20.2. The zero-order valence-electron chi connectivity index (χ0n) is 15.1. The van der Waals surface area contributed by atoms with Crippen molar-refractivity contribution in [3.8, 4) is 0 Å². The van der Waals surface area contributed by atoms with Gasteiger partial charge in [0, 0.05) is 6.08 Å². The molecule has 2 aromatic rings. The van der Waals surface area contributed by atoms with Gasteiger partial charge in [-0.3, -0.25) is 4.79 Å². The molecule has 2 aromatic carbocycles. The van der Waals surface area contributed by atoms with Crippen LogP contribution in [0.4, 0.5) is 4.79 Å². The number of alkyl carbamates (subject to hydrolysis) is 1. The summed E-state index contributed by atoms with van der Waals surface area (Å²) in [6, 6.07) is 17.3. The van der Waals surface area contributed by atoms with Crippen LogP contribution in [0.2, 0.25) is 0 Å². The van der Waals surface area contributed by atoms with Crippen LogP contribution in [0.3, 0.4) is 0 Å². The molecule has 7 heteroatoms. The molecule has 0 bridgehead atoms. The summed E-state index contributed by atoms with van der Waals surface area (Å²) in [5.74, 6) is -1.77. The number of nitrogens with one attached hydrogen (secondary N) is 1. The molecule has 0 saturated carbocycles. The fraction of sp³-hybridized carbons (Fsp3) is 0.190. The minimum absolute atomic E-state index is 0.0560. The van der Waals surface area contributed by atoms with Crippen molar-refractivity contribution in [2.45, 2.75) is 25.7 Å². The first-order chi connectivity index (χ1) is 13.5. The number of amides is 1. The number of esters is 1. The molecule has 0 aliphatic carbocycles.